The average Bonchev–Trinajstić information content (AvgIpc) is 3.06. The van der Waals surface area contributed by atoms with Crippen LogP contribution in [0, 0.1) is 0 Å². The molecule has 1 amide bonds. The highest BCUT2D eigenvalue weighted by molar-refractivity contribution is 7.18. The van der Waals surface area contributed by atoms with Crippen molar-refractivity contribution in [1.82, 2.24) is 15.6 Å². The summed E-state index contributed by atoms with van der Waals surface area (Å²) in [6, 6.07) is 6.10. The highest BCUT2D eigenvalue weighted by atomic mass is 32.1. The first-order chi connectivity index (χ1) is 11.8. The molecule has 2 aromatic rings. The molecule has 0 saturated carbocycles. The smallest absolute Gasteiger partial charge is 0.251 e. The zero-order valence-electron chi connectivity index (χ0n) is 13.7. The zero-order chi connectivity index (χ0) is 16.4. The van der Waals surface area contributed by atoms with E-state index in [2.05, 4.69) is 10.6 Å². The van der Waals surface area contributed by atoms with Crippen molar-refractivity contribution in [2.75, 3.05) is 26.3 Å². The molecule has 0 atom stereocenters. The lowest BCUT2D eigenvalue weighted by atomic mass is 9.99. The maximum atomic E-state index is 12.5. The van der Waals surface area contributed by atoms with E-state index < -0.39 is 0 Å². The molecule has 6 heteroatoms. The molecule has 2 saturated heterocycles. The van der Waals surface area contributed by atoms with Gasteiger partial charge in [0.2, 0.25) is 0 Å². The van der Waals surface area contributed by atoms with Gasteiger partial charge in [-0.05, 0) is 57.0 Å². The van der Waals surface area contributed by atoms with Gasteiger partial charge in [0, 0.05) is 30.7 Å². The second kappa shape index (κ2) is 7.17. The van der Waals surface area contributed by atoms with Gasteiger partial charge in [0.1, 0.15) is 0 Å². The summed E-state index contributed by atoms with van der Waals surface area (Å²) < 4.78 is 6.46. The SMILES string of the molecule is O=C(NC1CCOCC1)c1ccc2nc(C3CCNCC3)sc2c1. The van der Waals surface area contributed by atoms with Gasteiger partial charge in [-0.15, -0.1) is 11.3 Å². The van der Waals surface area contributed by atoms with Gasteiger partial charge in [-0.2, -0.15) is 0 Å². The molecule has 0 radical (unpaired) electrons. The Balaban J connectivity index is 1.50. The third kappa shape index (κ3) is 3.45. The number of thiazole rings is 1. The number of hydrogen-bond donors (Lipinski definition) is 2. The van der Waals surface area contributed by atoms with Crippen molar-refractivity contribution in [3.8, 4) is 0 Å². The number of nitrogens with one attached hydrogen (secondary N) is 2. The van der Waals surface area contributed by atoms with Gasteiger partial charge in [-0.1, -0.05) is 0 Å². The first-order valence-electron chi connectivity index (χ1n) is 8.79. The summed E-state index contributed by atoms with van der Waals surface area (Å²) in [5, 5.41) is 7.74. The number of piperidine rings is 1. The minimum atomic E-state index is 0.0145. The number of benzene rings is 1. The Labute approximate surface area is 145 Å². The molecule has 1 aromatic carbocycles. The highest BCUT2D eigenvalue weighted by Crippen LogP contribution is 2.32. The second-order valence-electron chi connectivity index (χ2n) is 6.62. The van der Waals surface area contributed by atoms with E-state index in [0.29, 0.717) is 5.92 Å². The maximum Gasteiger partial charge on any atom is 0.251 e. The Morgan fingerprint density at radius 1 is 1.21 bits per heavy atom. The van der Waals surface area contributed by atoms with E-state index >= 15 is 0 Å². The molecule has 0 aliphatic carbocycles. The quantitative estimate of drug-likeness (QED) is 0.898. The summed E-state index contributed by atoms with van der Waals surface area (Å²) in [4.78, 5) is 17.3. The molecule has 1 aromatic heterocycles. The average molecular weight is 345 g/mol. The van der Waals surface area contributed by atoms with Crippen molar-refractivity contribution in [3.63, 3.8) is 0 Å². The van der Waals surface area contributed by atoms with E-state index in [4.69, 9.17) is 9.72 Å². The predicted octanol–water partition coefficient (Wildman–Crippen LogP) is 2.67. The van der Waals surface area contributed by atoms with Gasteiger partial charge in [0.25, 0.3) is 5.91 Å². The van der Waals surface area contributed by atoms with Crippen molar-refractivity contribution in [1.29, 1.82) is 0 Å². The Morgan fingerprint density at radius 3 is 2.79 bits per heavy atom. The molecule has 0 spiro atoms. The molecule has 4 rings (SSSR count). The van der Waals surface area contributed by atoms with Crippen molar-refractivity contribution >= 4 is 27.5 Å². The van der Waals surface area contributed by atoms with Gasteiger partial charge in [0.05, 0.1) is 15.2 Å². The van der Waals surface area contributed by atoms with E-state index in [1.54, 1.807) is 11.3 Å². The first-order valence-corrected chi connectivity index (χ1v) is 9.61. The lowest BCUT2D eigenvalue weighted by molar-refractivity contribution is 0.0696. The Hall–Kier alpha value is -1.50. The molecular formula is C18H23N3O2S. The van der Waals surface area contributed by atoms with Crippen LogP contribution in [0.15, 0.2) is 18.2 Å². The summed E-state index contributed by atoms with van der Waals surface area (Å²) in [7, 11) is 0. The minimum Gasteiger partial charge on any atom is -0.381 e. The maximum absolute atomic E-state index is 12.5. The second-order valence-corrected chi connectivity index (χ2v) is 7.68. The number of fused-ring (bicyclic) bond motifs is 1. The zero-order valence-corrected chi connectivity index (χ0v) is 14.5. The fourth-order valence-corrected chi connectivity index (χ4v) is 4.61. The van der Waals surface area contributed by atoms with E-state index in [9.17, 15) is 4.79 Å². The van der Waals surface area contributed by atoms with Gasteiger partial charge >= 0.3 is 0 Å². The van der Waals surface area contributed by atoms with Gasteiger partial charge in [-0.25, -0.2) is 4.98 Å². The van der Waals surface area contributed by atoms with Crippen LogP contribution < -0.4 is 10.6 Å². The van der Waals surface area contributed by atoms with Crippen LogP contribution in [-0.4, -0.2) is 43.2 Å². The third-order valence-electron chi connectivity index (χ3n) is 4.91. The topological polar surface area (TPSA) is 63.2 Å². The summed E-state index contributed by atoms with van der Waals surface area (Å²) in [6.07, 6.45) is 4.09. The Bertz CT molecular complexity index is 718. The van der Waals surface area contributed by atoms with E-state index in [1.165, 1.54) is 5.01 Å². The van der Waals surface area contributed by atoms with Crippen LogP contribution in [0.25, 0.3) is 10.2 Å². The van der Waals surface area contributed by atoms with Crippen LogP contribution in [0.5, 0.6) is 0 Å². The lowest BCUT2D eigenvalue weighted by Crippen LogP contribution is -2.38. The molecule has 2 N–H and O–H groups in total. The number of ether oxygens (including phenoxy) is 1. The van der Waals surface area contributed by atoms with Crippen LogP contribution in [0.2, 0.25) is 0 Å². The van der Waals surface area contributed by atoms with Crippen LogP contribution in [0.1, 0.15) is 47.0 Å². The first kappa shape index (κ1) is 16.0. The monoisotopic (exact) mass is 345 g/mol. The summed E-state index contributed by atoms with van der Waals surface area (Å²) in [6.45, 7) is 3.61. The number of aromatic nitrogens is 1. The van der Waals surface area contributed by atoms with E-state index in [-0.39, 0.29) is 11.9 Å². The molecule has 0 bridgehead atoms. The standard InChI is InChI=1S/C18H23N3O2S/c22-17(20-14-5-9-23-10-6-14)13-1-2-15-16(11-13)24-18(21-15)12-3-7-19-8-4-12/h1-2,11-12,14,19H,3-10H2,(H,20,22). The number of hydrogen-bond acceptors (Lipinski definition) is 5. The molecular weight excluding hydrogens is 322 g/mol. The number of carbonyl (C=O) groups excluding carboxylic acids is 1. The van der Waals surface area contributed by atoms with Crippen molar-refractivity contribution < 1.29 is 9.53 Å². The van der Waals surface area contributed by atoms with Crippen molar-refractivity contribution in [2.45, 2.75) is 37.6 Å². The number of amides is 1. The minimum absolute atomic E-state index is 0.0145. The molecule has 24 heavy (non-hydrogen) atoms. The highest BCUT2D eigenvalue weighted by Gasteiger charge is 2.20. The molecule has 0 unspecified atom stereocenters. The van der Waals surface area contributed by atoms with Gasteiger partial charge < -0.3 is 15.4 Å². The summed E-state index contributed by atoms with van der Waals surface area (Å²) >= 11 is 1.74. The molecule has 128 valence electrons. The van der Waals surface area contributed by atoms with Crippen LogP contribution in [-0.2, 0) is 4.74 Å². The Kier molecular flexibility index (Phi) is 4.78. The fourth-order valence-electron chi connectivity index (χ4n) is 3.44. The van der Waals surface area contributed by atoms with Crippen LogP contribution in [0.4, 0.5) is 0 Å². The van der Waals surface area contributed by atoms with Gasteiger partial charge in [-0.3, -0.25) is 4.79 Å². The lowest BCUT2D eigenvalue weighted by Gasteiger charge is -2.23. The molecule has 3 heterocycles. The van der Waals surface area contributed by atoms with Crippen molar-refractivity contribution in [3.05, 3.63) is 28.8 Å². The summed E-state index contributed by atoms with van der Waals surface area (Å²) in [5.74, 6) is 0.573. The molecule has 2 aliphatic heterocycles. The molecule has 5 nitrogen and oxygen atoms in total. The van der Waals surface area contributed by atoms with E-state index in [0.717, 1.165) is 67.8 Å². The molecule has 2 fully saturated rings. The number of nitrogens with zero attached hydrogens (tertiary/aromatic N) is 1. The van der Waals surface area contributed by atoms with Crippen LogP contribution >= 0.6 is 11.3 Å². The van der Waals surface area contributed by atoms with Crippen LogP contribution in [0.3, 0.4) is 0 Å². The third-order valence-corrected chi connectivity index (χ3v) is 6.09. The predicted molar refractivity (Wildman–Crippen MR) is 95.8 cm³/mol. The number of rotatable bonds is 3. The number of carbonyl (C=O) groups is 1. The van der Waals surface area contributed by atoms with E-state index in [1.807, 2.05) is 18.2 Å². The fraction of sp³-hybridized carbons (Fsp3) is 0.556. The van der Waals surface area contributed by atoms with Gasteiger partial charge in [0.15, 0.2) is 0 Å². The normalized spacial score (nSPS) is 20.3. The summed E-state index contributed by atoms with van der Waals surface area (Å²) in [5.41, 5.74) is 1.74. The largest absolute Gasteiger partial charge is 0.381 e. The molecule has 2 aliphatic rings. The van der Waals surface area contributed by atoms with Crippen molar-refractivity contribution in [2.24, 2.45) is 0 Å². The Morgan fingerprint density at radius 2 is 2.00 bits per heavy atom.